The third-order valence-electron chi connectivity index (χ3n) is 3.19. The highest BCUT2D eigenvalue weighted by atomic mass is 17.2. The largest absolute Gasteiger partial charge is 0.478 e. The fraction of sp³-hybridized carbons (Fsp3) is 0.412. The second-order valence-corrected chi connectivity index (χ2v) is 6.61. The summed E-state index contributed by atoms with van der Waals surface area (Å²) in [6.45, 7) is 8.15. The molecule has 1 aromatic rings. The maximum Gasteiger partial charge on any atom is 0.375 e. The molecule has 0 aliphatic rings. The van der Waals surface area contributed by atoms with E-state index >= 15 is 0 Å². The molecule has 0 saturated heterocycles. The summed E-state index contributed by atoms with van der Waals surface area (Å²) in [6.07, 6.45) is 0. The van der Waals surface area contributed by atoms with E-state index < -0.39 is 28.7 Å². The van der Waals surface area contributed by atoms with Gasteiger partial charge in [-0.3, -0.25) is 0 Å². The number of carboxylic acids is 2. The highest BCUT2D eigenvalue weighted by molar-refractivity contribution is 5.98. The molecule has 2 N–H and O–H groups in total. The van der Waals surface area contributed by atoms with Gasteiger partial charge >= 0.3 is 11.9 Å². The van der Waals surface area contributed by atoms with Crippen LogP contribution in [-0.4, -0.2) is 22.2 Å². The zero-order chi connectivity index (χ0) is 17.8. The van der Waals surface area contributed by atoms with Crippen LogP contribution in [0.25, 0.3) is 0 Å². The SMILES string of the molecule is CC(C)(C)/C(C(=O)O)=C(/OOC(C)(C)c1ccccc1)C(=O)O. The van der Waals surface area contributed by atoms with Gasteiger partial charge in [0, 0.05) is 0 Å². The van der Waals surface area contributed by atoms with Crippen molar-refractivity contribution in [2.24, 2.45) is 5.41 Å². The molecular weight excluding hydrogens is 300 g/mol. The van der Waals surface area contributed by atoms with E-state index in [0.29, 0.717) is 0 Å². The molecule has 0 aromatic heterocycles. The van der Waals surface area contributed by atoms with E-state index in [2.05, 4.69) is 0 Å². The van der Waals surface area contributed by atoms with Gasteiger partial charge in [0.05, 0.1) is 5.57 Å². The van der Waals surface area contributed by atoms with Crippen molar-refractivity contribution in [2.75, 3.05) is 0 Å². The van der Waals surface area contributed by atoms with Crippen molar-refractivity contribution in [1.29, 1.82) is 0 Å². The van der Waals surface area contributed by atoms with Gasteiger partial charge in [0.25, 0.3) is 5.76 Å². The van der Waals surface area contributed by atoms with Gasteiger partial charge in [0.2, 0.25) is 0 Å². The number of aliphatic carboxylic acids is 2. The number of benzene rings is 1. The third kappa shape index (κ3) is 4.82. The predicted octanol–water partition coefficient (Wildman–Crippen LogP) is 3.34. The summed E-state index contributed by atoms with van der Waals surface area (Å²) >= 11 is 0. The molecule has 0 heterocycles. The van der Waals surface area contributed by atoms with Crippen LogP contribution in [0.4, 0.5) is 0 Å². The molecular formula is C17H22O6. The van der Waals surface area contributed by atoms with Crippen LogP contribution in [-0.2, 0) is 25.0 Å². The van der Waals surface area contributed by atoms with E-state index in [1.54, 1.807) is 46.8 Å². The lowest BCUT2D eigenvalue weighted by Crippen LogP contribution is -2.27. The summed E-state index contributed by atoms with van der Waals surface area (Å²) in [4.78, 5) is 33.1. The molecule has 1 aromatic carbocycles. The molecule has 0 amide bonds. The second-order valence-electron chi connectivity index (χ2n) is 6.61. The number of carbonyl (C=O) groups is 2. The van der Waals surface area contributed by atoms with Crippen LogP contribution in [0, 0.1) is 5.41 Å². The molecule has 0 bridgehead atoms. The molecule has 0 aliphatic carbocycles. The van der Waals surface area contributed by atoms with E-state index in [4.69, 9.17) is 9.78 Å². The number of hydrogen-bond donors (Lipinski definition) is 2. The second kappa shape index (κ2) is 6.83. The normalized spacial score (nSPS) is 13.3. The van der Waals surface area contributed by atoms with Crippen molar-refractivity contribution in [2.45, 2.75) is 40.2 Å². The lowest BCUT2D eigenvalue weighted by molar-refractivity contribution is -0.331. The van der Waals surface area contributed by atoms with Crippen LogP contribution >= 0.6 is 0 Å². The van der Waals surface area contributed by atoms with E-state index in [9.17, 15) is 19.8 Å². The topological polar surface area (TPSA) is 93.1 Å². The lowest BCUT2D eigenvalue weighted by atomic mass is 9.85. The van der Waals surface area contributed by atoms with Crippen molar-refractivity contribution in [3.8, 4) is 0 Å². The Balaban J connectivity index is 3.15. The van der Waals surface area contributed by atoms with Gasteiger partial charge in [-0.2, -0.15) is 4.89 Å². The Morgan fingerprint density at radius 2 is 1.43 bits per heavy atom. The van der Waals surface area contributed by atoms with Crippen molar-refractivity contribution in [1.82, 2.24) is 0 Å². The van der Waals surface area contributed by atoms with Crippen molar-refractivity contribution >= 4 is 11.9 Å². The van der Waals surface area contributed by atoms with Gasteiger partial charge in [-0.25, -0.2) is 9.59 Å². The summed E-state index contributed by atoms with van der Waals surface area (Å²) in [5, 5.41) is 18.6. The maximum atomic E-state index is 11.4. The first kappa shape index (κ1) is 18.7. The highest BCUT2D eigenvalue weighted by Gasteiger charge is 2.34. The standard InChI is InChI=1S/C17H22O6/c1-16(2,3)12(14(18)19)13(15(20)21)22-23-17(4,5)11-9-7-6-8-10-11/h6-10H,1-5H3,(H,18,19)(H,20,21)/b13-12+. The summed E-state index contributed by atoms with van der Waals surface area (Å²) < 4.78 is 0. The van der Waals surface area contributed by atoms with Crippen LogP contribution in [0.3, 0.4) is 0 Å². The maximum absolute atomic E-state index is 11.4. The van der Waals surface area contributed by atoms with Crippen molar-refractivity contribution in [3.05, 3.63) is 47.2 Å². The molecule has 0 spiro atoms. The molecule has 126 valence electrons. The minimum absolute atomic E-state index is 0.367. The quantitative estimate of drug-likeness (QED) is 0.361. The average molecular weight is 322 g/mol. The zero-order valence-corrected chi connectivity index (χ0v) is 13.9. The Bertz CT molecular complexity index is 608. The third-order valence-corrected chi connectivity index (χ3v) is 3.19. The Hall–Kier alpha value is -2.34. The van der Waals surface area contributed by atoms with Gasteiger partial charge < -0.3 is 15.1 Å². The molecule has 23 heavy (non-hydrogen) atoms. The van der Waals surface area contributed by atoms with E-state index in [0.717, 1.165) is 5.56 Å². The molecule has 6 heteroatoms. The van der Waals surface area contributed by atoms with Crippen LogP contribution in [0.15, 0.2) is 41.7 Å². The van der Waals surface area contributed by atoms with Crippen LogP contribution < -0.4 is 0 Å². The smallest absolute Gasteiger partial charge is 0.375 e. The first-order valence-electron chi connectivity index (χ1n) is 7.09. The number of carboxylic acid groups (broad SMARTS) is 2. The minimum Gasteiger partial charge on any atom is -0.478 e. The van der Waals surface area contributed by atoms with Crippen LogP contribution in [0.2, 0.25) is 0 Å². The Morgan fingerprint density at radius 1 is 0.913 bits per heavy atom. The molecule has 0 radical (unpaired) electrons. The van der Waals surface area contributed by atoms with Gasteiger partial charge in [-0.15, -0.1) is 0 Å². The van der Waals surface area contributed by atoms with Gasteiger partial charge in [0.1, 0.15) is 5.60 Å². The number of rotatable bonds is 6. The first-order chi connectivity index (χ1) is 10.5. The molecule has 0 saturated carbocycles. The predicted molar refractivity (Wildman–Crippen MR) is 83.4 cm³/mol. The summed E-state index contributed by atoms with van der Waals surface area (Å²) in [5.41, 5.74) is -1.49. The number of hydrogen-bond acceptors (Lipinski definition) is 4. The Morgan fingerprint density at radius 3 is 1.83 bits per heavy atom. The Labute approximate surface area is 135 Å². The van der Waals surface area contributed by atoms with E-state index in [-0.39, 0.29) is 5.57 Å². The molecule has 0 fully saturated rings. The fourth-order valence-electron chi connectivity index (χ4n) is 1.98. The van der Waals surface area contributed by atoms with Crippen LogP contribution in [0.5, 0.6) is 0 Å². The monoisotopic (exact) mass is 322 g/mol. The molecule has 6 nitrogen and oxygen atoms in total. The fourth-order valence-corrected chi connectivity index (χ4v) is 1.98. The van der Waals surface area contributed by atoms with Gasteiger partial charge in [0.15, 0.2) is 0 Å². The zero-order valence-electron chi connectivity index (χ0n) is 13.9. The van der Waals surface area contributed by atoms with E-state index in [1.807, 2.05) is 18.2 Å². The lowest BCUT2D eigenvalue weighted by Gasteiger charge is -2.26. The first-order valence-corrected chi connectivity index (χ1v) is 7.09. The average Bonchev–Trinajstić information content (AvgIpc) is 2.42. The molecule has 0 aliphatic heterocycles. The van der Waals surface area contributed by atoms with Crippen molar-refractivity contribution < 1.29 is 29.6 Å². The van der Waals surface area contributed by atoms with Crippen LogP contribution in [0.1, 0.15) is 40.2 Å². The minimum atomic E-state index is -1.50. The van der Waals surface area contributed by atoms with Gasteiger partial charge in [-0.05, 0) is 24.8 Å². The molecule has 0 unspecified atom stereocenters. The Kier molecular flexibility index (Phi) is 5.56. The molecule has 0 atom stereocenters. The molecule has 1 rings (SSSR count). The highest BCUT2D eigenvalue weighted by Crippen LogP contribution is 2.31. The van der Waals surface area contributed by atoms with Gasteiger partial charge in [-0.1, -0.05) is 51.1 Å². The van der Waals surface area contributed by atoms with Crippen molar-refractivity contribution in [3.63, 3.8) is 0 Å². The summed E-state index contributed by atoms with van der Waals surface area (Å²) in [7, 11) is 0. The van der Waals surface area contributed by atoms with E-state index in [1.165, 1.54) is 0 Å². The summed E-state index contributed by atoms with van der Waals surface area (Å²) in [6, 6.07) is 9.06. The summed E-state index contributed by atoms with van der Waals surface area (Å²) in [5.74, 6) is -3.59.